The van der Waals surface area contributed by atoms with Crippen LogP contribution in [0.25, 0.3) is 0 Å². The standard InChI is InChI=1S/C20H20N6O3S/c1-29-14-4-2-13(3-5-14)10-23-20(28)26-9-6-15-17(12-26)30-19(24-15)25-18(27)16-11-21-7-8-22-16/h2-5,7-8,11H,6,9-10,12H2,1H3,(H,23,28)(H,24,25,27). The highest BCUT2D eigenvalue weighted by Gasteiger charge is 2.24. The molecule has 10 heteroatoms. The predicted molar refractivity (Wildman–Crippen MR) is 111 cm³/mol. The van der Waals surface area contributed by atoms with E-state index < -0.39 is 0 Å². The molecule has 0 radical (unpaired) electrons. The Morgan fingerprint density at radius 2 is 2.07 bits per heavy atom. The zero-order chi connectivity index (χ0) is 20.9. The first kappa shape index (κ1) is 19.8. The molecule has 4 rings (SSSR count). The predicted octanol–water partition coefficient (Wildman–Crippen LogP) is 2.46. The molecular weight excluding hydrogens is 404 g/mol. The number of hydrogen-bond donors (Lipinski definition) is 2. The Bertz CT molecular complexity index is 1040. The molecule has 9 nitrogen and oxygen atoms in total. The number of fused-ring (bicyclic) bond motifs is 1. The zero-order valence-electron chi connectivity index (χ0n) is 16.3. The number of rotatable bonds is 5. The highest BCUT2D eigenvalue weighted by atomic mass is 32.1. The minimum atomic E-state index is -0.358. The van der Waals surface area contributed by atoms with Gasteiger partial charge in [0.15, 0.2) is 5.13 Å². The topological polar surface area (TPSA) is 109 Å². The van der Waals surface area contributed by atoms with Crippen molar-refractivity contribution in [3.63, 3.8) is 0 Å². The Hall–Kier alpha value is -3.53. The molecule has 0 saturated heterocycles. The molecule has 3 aromatic rings. The van der Waals surface area contributed by atoms with Crippen molar-refractivity contribution in [2.24, 2.45) is 0 Å². The van der Waals surface area contributed by atoms with Crippen molar-refractivity contribution in [3.8, 4) is 5.75 Å². The second-order valence-electron chi connectivity index (χ2n) is 6.61. The first-order valence-electron chi connectivity index (χ1n) is 9.34. The Morgan fingerprint density at radius 3 is 2.80 bits per heavy atom. The van der Waals surface area contributed by atoms with Gasteiger partial charge in [-0.2, -0.15) is 0 Å². The van der Waals surface area contributed by atoms with Gasteiger partial charge in [-0.1, -0.05) is 23.5 Å². The van der Waals surface area contributed by atoms with Crippen molar-refractivity contribution >= 4 is 28.4 Å². The van der Waals surface area contributed by atoms with Gasteiger partial charge in [-0.25, -0.2) is 14.8 Å². The van der Waals surface area contributed by atoms with Crippen LogP contribution in [-0.4, -0.2) is 45.4 Å². The Kier molecular flexibility index (Phi) is 5.84. The summed E-state index contributed by atoms with van der Waals surface area (Å²) in [5.41, 5.74) is 2.13. The van der Waals surface area contributed by atoms with E-state index in [4.69, 9.17) is 4.74 Å². The smallest absolute Gasteiger partial charge is 0.318 e. The lowest BCUT2D eigenvalue weighted by atomic mass is 10.2. The average Bonchev–Trinajstić information content (AvgIpc) is 3.19. The van der Waals surface area contributed by atoms with Gasteiger partial charge >= 0.3 is 6.03 Å². The summed E-state index contributed by atoms with van der Waals surface area (Å²) in [4.78, 5) is 39.9. The van der Waals surface area contributed by atoms with E-state index in [1.54, 1.807) is 12.0 Å². The molecule has 0 spiro atoms. The van der Waals surface area contributed by atoms with Crippen molar-refractivity contribution in [3.05, 3.63) is 64.7 Å². The van der Waals surface area contributed by atoms with Crippen LogP contribution in [0.3, 0.4) is 0 Å². The number of methoxy groups -OCH3 is 1. The molecule has 1 aromatic carbocycles. The number of thiazole rings is 1. The number of benzene rings is 1. The molecule has 2 aromatic heterocycles. The van der Waals surface area contributed by atoms with Crippen LogP contribution in [0.5, 0.6) is 5.75 Å². The number of amides is 3. The maximum Gasteiger partial charge on any atom is 0.318 e. The average molecular weight is 424 g/mol. The van der Waals surface area contributed by atoms with Gasteiger partial charge in [0.1, 0.15) is 11.4 Å². The summed E-state index contributed by atoms with van der Waals surface area (Å²) in [6.45, 7) is 1.47. The summed E-state index contributed by atoms with van der Waals surface area (Å²) in [7, 11) is 1.62. The van der Waals surface area contributed by atoms with E-state index in [1.807, 2.05) is 24.3 Å². The Labute approximate surface area is 177 Å². The number of nitrogens with zero attached hydrogens (tertiary/aromatic N) is 4. The third-order valence-electron chi connectivity index (χ3n) is 4.64. The van der Waals surface area contributed by atoms with E-state index in [-0.39, 0.29) is 17.6 Å². The number of aromatic nitrogens is 3. The first-order valence-corrected chi connectivity index (χ1v) is 10.2. The van der Waals surface area contributed by atoms with Crippen molar-refractivity contribution in [1.29, 1.82) is 0 Å². The molecule has 1 aliphatic rings. The summed E-state index contributed by atoms with van der Waals surface area (Å²) >= 11 is 1.37. The quantitative estimate of drug-likeness (QED) is 0.651. The van der Waals surface area contributed by atoms with Crippen molar-refractivity contribution < 1.29 is 14.3 Å². The molecule has 0 aliphatic carbocycles. The first-order chi connectivity index (χ1) is 14.6. The summed E-state index contributed by atoms with van der Waals surface area (Å²) in [5.74, 6) is 0.421. The van der Waals surface area contributed by atoms with Gasteiger partial charge in [0.2, 0.25) is 0 Å². The second kappa shape index (κ2) is 8.87. The second-order valence-corrected chi connectivity index (χ2v) is 7.70. The number of carbonyl (C=O) groups is 2. The van der Waals surface area contributed by atoms with E-state index in [2.05, 4.69) is 25.6 Å². The molecule has 0 unspecified atom stereocenters. The van der Waals surface area contributed by atoms with Crippen LogP contribution in [0.4, 0.5) is 9.93 Å². The van der Waals surface area contributed by atoms with Crippen LogP contribution in [0, 0.1) is 0 Å². The van der Waals surface area contributed by atoms with Gasteiger partial charge in [0, 0.05) is 36.8 Å². The largest absolute Gasteiger partial charge is 0.497 e. The van der Waals surface area contributed by atoms with Gasteiger partial charge in [0.25, 0.3) is 5.91 Å². The Balaban J connectivity index is 1.34. The molecule has 0 bridgehead atoms. The summed E-state index contributed by atoms with van der Waals surface area (Å²) < 4.78 is 5.14. The number of hydrogen-bond acceptors (Lipinski definition) is 7. The molecule has 3 heterocycles. The molecule has 0 fully saturated rings. The fourth-order valence-electron chi connectivity index (χ4n) is 3.03. The molecule has 0 saturated carbocycles. The molecular formula is C20H20N6O3S. The lowest BCUT2D eigenvalue weighted by molar-refractivity contribution is 0.102. The zero-order valence-corrected chi connectivity index (χ0v) is 17.1. The molecule has 2 N–H and O–H groups in total. The van der Waals surface area contributed by atoms with Crippen LogP contribution in [0.15, 0.2) is 42.9 Å². The van der Waals surface area contributed by atoms with Gasteiger partial charge in [0.05, 0.1) is 25.5 Å². The monoisotopic (exact) mass is 424 g/mol. The third-order valence-corrected chi connectivity index (χ3v) is 5.64. The lowest BCUT2D eigenvalue weighted by Crippen LogP contribution is -2.42. The summed E-state index contributed by atoms with van der Waals surface area (Å²) in [5, 5.41) is 6.19. The maximum absolute atomic E-state index is 12.6. The SMILES string of the molecule is COc1ccc(CNC(=O)N2CCc3nc(NC(=O)c4cnccn4)sc3C2)cc1. The molecule has 0 atom stereocenters. The van der Waals surface area contributed by atoms with E-state index in [0.29, 0.717) is 31.2 Å². The van der Waals surface area contributed by atoms with Gasteiger partial charge < -0.3 is 15.0 Å². The molecule has 1 aliphatic heterocycles. The molecule has 154 valence electrons. The minimum absolute atomic E-state index is 0.130. The Morgan fingerprint density at radius 1 is 1.23 bits per heavy atom. The number of ether oxygens (including phenoxy) is 1. The van der Waals surface area contributed by atoms with E-state index in [9.17, 15) is 9.59 Å². The van der Waals surface area contributed by atoms with E-state index in [1.165, 1.54) is 29.9 Å². The minimum Gasteiger partial charge on any atom is -0.497 e. The van der Waals surface area contributed by atoms with Crippen molar-refractivity contribution in [2.45, 2.75) is 19.5 Å². The highest BCUT2D eigenvalue weighted by molar-refractivity contribution is 7.15. The van der Waals surface area contributed by atoms with E-state index >= 15 is 0 Å². The van der Waals surface area contributed by atoms with Gasteiger partial charge in [-0.15, -0.1) is 0 Å². The third kappa shape index (κ3) is 4.54. The van der Waals surface area contributed by atoms with Crippen LogP contribution < -0.4 is 15.4 Å². The number of carbonyl (C=O) groups excluding carboxylic acids is 2. The fraction of sp³-hybridized carbons (Fsp3) is 0.250. The summed E-state index contributed by atoms with van der Waals surface area (Å²) in [6.07, 6.45) is 5.01. The van der Waals surface area contributed by atoms with Gasteiger partial charge in [-0.3, -0.25) is 15.1 Å². The number of anilines is 1. The highest BCUT2D eigenvalue weighted by Crippen LogP contribution is 2.28. The van der Waals surface area contributed by atoms with Gasteiger partial charge in [-0.05, 0) is 17.7 Å². The molecule has 30 heavy (non-hydrogen) atoms. The number of urea groups is 1. The van der Waals surface area contributed by atoms with Crippen LogP contribution >= 0.6 is 11.3 Å². The fourth-order valence-corrected chi connectivity index (χ4v) is 4.05. The van der Waals surface area contributed by atoms with E-state index in [0.717, 1.165) is 21.9 Å². The van der Waals surface area contributed by atoms with Crippen LogP contribution in [-0.2, 0) is 19.5 Å². The normalized spacial score (nSPS) is 12.8. The number of nitrogens with one attached hydrogen (secondary N) is 2. The summed E-state index contributed by atoms with van der Waals surface area (Å²) in [6, 6.07) is 7.44. The lowest BCUT2D eigenvalue weighted by Gasteiger charge is -2.26. The van der Waals surface area contributed by atoms with Crippen LogP contribution in [0.1, 0.15) is 26.6 Å². The maximum atomic E-state index is 12.6. The van der Waals surface area contributed by atoms with Crippen molar-refractivity contribution in [2.75, 3.05) is 19.0 Å². The van der Waals surface area contributed by atoms with Crippen LogP contribution in [0.2, 0.25) is 0 Å². The van der Waals surface area contributed by atoms with Crippen molar-refractivity contribution in [1.82, 2.24) is 25.2 Å². The molecule has 3 amide bonds.